The molecule has 1 radical (unpaired) electrons. The Hall–Kier alpha value is -3.27. The largest absolute Gasteiger partial charge is 0.512 e. The molecule has 3 aromatic carbocycles. The van der Waals surface area contributed by atoms with Gasteiger partial charge in [-0.3, -0.25) is 4.79 Å². The fourth-order valence-corrected chi connectivity index (χ4v) is 7.44. The van der Waals surface area contributed by atoms with Gasteiger partial charge in [0.2, 0.25) is 0 Å². The molecule has 1 N–H and O–H groups in total. The topological polar surface area (TPSA) is 54.6 Å². The summed E-state index contributed by atoms with van der Waals surface area (Å²) < 4.78 is 2.55. The molecule has 0 amide bonds. The van der Waals surface area contributed by atoms with Crippen LogP contribution in [0.25, 0.3) is 49.0 Å². The summed E-state index contributed by atoms with van der Waals surface area (Å²) in [5.41, 5.74) is 9.87. The third kappa shape index (κ3) is 7.30. The number of hydrogen-bond acceptors (Lipinski definition) is 3. The van der Waals surface area contributed by atoms with Crippen molar-refractivity contribution in [3.63, 3.8) is 0 Å². The molecule has 0 spiro atoms. The molecule has 3 heterocycles. The van der Waals surface area contributed by atoms with Gasteiger partial charge in [0, 0.05) is 54.2 Å². The number of aliphatic hydroxyl groups is 1. The molecule has 4 nitrogen and oxygen atoms in total. The number of benzene rings is 3. The van der Waals surface area contributed by atoms with Crippen LogP contribution in [0.3, 0.4) is 0 Å². The third-order valence-electron chi connectivity index (χ3n) is 12.1. The van der Waals surface area contributed by atoms with Crippen molar-refractivity contribution < 1.29 is 30.0 Å². The number of fused-ring (bicyclic) bond motifs is 5. The van der Waals surface area contributed by atoms with Crippen LogP contribution < -0.4 is 0 Å². The van der Waals surface area contributed by atoms with E-state index in [4.69, 9.17) is 4.98 Å². The normalized spacial score (nSPS) is 13.3. The van der Waals surface area contributed by atoms with Gasteiger partial charge in [0.1, 0.15) is 5.76 Å². The molecule has 52 heavy (non-hydrogen) atoms. The number of pyridine rings is 2. The smallest absolute Gasteiger partial charge is 0.164 e. The number of carbonyl (C=O) groups excluding carboxylic acids is 1. The van der Waals surface area contributed by atoms with Crippen LogP contribution in [0.4, 0.5) is 0 Å². The Bertz CT molecular complexity index is 2270. The van der Waals surface area contributed by atoms with E-state index in [1.165, 1.54) is 66.4 Å². The second-order valence-corrected chi connectivity index (χ2v) is 17.8. The first-order chi connectivity index (χ1) is 23.7. The minimum Gasteiger partial charge on any atom is -0.512 e. The summed E-state index contributed by atoms with van der Waals surface area (Å²) in [6.45, 7) is 30.4. The van der Waals surface area contributed by atoms with E-state index in [-0.39, 0.29) is 53.3 Å². The van der Waals surface area contributed by atoms with Gasteiger partial charge in [-0.2, -0.15) is 0 Å². The SMILES string of the molecule is CCC(C)(CC)C(=O)/C=C(\O)C(C)(CC)CC.Cc1[c-]c2c3nccc4ccc(CC(C)(C)C)c(c43)n3c4cc(C(C)(C)C)ccc4c(c1C)c23.[Ir]. The number of carbonyl (C=O) groups is 1. The van der Waals surface area contributed by atoms with Crippen molar-refractivity contribution in [1.82, 2.24) is 9.38 Å². The van der Waals surface area contributed by atoms with Crippen molar-refractivity contribution in [3.8, 4) is 0 Å². The van der Waals surface area contributed by atoms with Crippen molar-refractivity contribution in [1.29, 1.82) is 0 Å². The molecule has 281 valence electrons. The summed E-state index contributed by atoms with van der Waals surface area (Å²) in [6, 6.07) is 17.6. The van der Waals surface area contributed by atoms with Crippen molar-refractivity contribution in [3.05, 3.63) is 82.8 Å². The van der Waals surface area contributed by atoms with E-state index in [1.807, 2.05) is 47.7 Å². The van der Waals surface area contributed by atoms with Crippen LogP contribution >= 0.6 is 0 Å². The first-order valence-electron chi connectivity index (χ1n) is 19.1. The summed E-state index contributed by atoms with van der Waals surface area (Å²) in [6.07, 6.45) is 7.72. The number of aromatic nitrogens is 2. The monoisotopic (exact) mass is 878 g/mol. The molecule has 0 aliphatic heterocycles. The Balaban J connectivity index is 0.000000289. The van der Waals surface area contributed by atoms with E-state index in [2.05, 4.69) is 102 Å². The zero-order valence-electron chi connectivity index (χ0n) is 34.2. The predicted octanol–water partition coefficient (Wildman–Crippen LogP) is 13.3. The number of rotatable bonds is 8. The van der Waals surface area contributed by atoms with Crippen molar-refractivity contribution in [2.75, 3.05) is 0 Å². The summed E-state index contributed by atoms with van der Waals surface area (Å²) >= 11 is 0. The van der Waals surface area contributed by atoms with Gasteiger partial charge in [-0.1, -0.05) is 132 Å². The molecule has 0 unspecified atom stereocenters. The Labute approximate surface area is 326 Å². The van der Waals surface area contributed by atoms with E-state index in [0.717, 1.165) is 43.0 Å². The van der Waals surface area contributed by atoms with E-state index < -0.39 is 0 Å². The molecule has 0 aliphatic carbocycles. The molecule has 0 aliphatic rings. The van der Waals surface area contributed by atoms with Crippen LogP contribution in [-0.2, 0) is 36.7 Å². The first-order valence-corrected chi connectivity index (χ1v) is 19.1. The van der Waals surface area contributed by atoms with Gasteiger partial charge in [-0.25, -0.2) is 0 Å². The zero-order valence-corrected chi connectivity index (χ0v) is 36.6. The van der Waals surface area contributed by atoms with Gasteiger partial charge in [-0.15, -0.1) is 17.2 Å². The molecule has 0 bridgehead atoms. The van der Waals surface area contributed by atoms with Crippen molar-refractivity contribution >= 4 is 54.8 Å². The Kier molecular flexibility index (Phi) is 11.9. The van der Waals surface area contributed by atoms with Crippen LogP contribution in [0.5, 0.6) is 0 Å². The van der Waals surface area contributed by atoms with E-state index >= 15 is 0 Å². The first kappa shape index (κ1) is 41.5. The fourth-order valence-electron chi connectivity index (χ4n) is 7.44. The molecule has 5 heteroatoms. The number of allylic oxidation sites excluding steroid dienone is 2. The number of ketones is 1. The van der Waals surface area contributed by atoms with E-state index in [9.17, 15) is 9.90 Å². The third-order valence-corrected chi connectivity index (χ3v) is 12.1. The number of hydrogen-bond donors (Lipinski definition) is 1. The summed E-state index contributed by atoms with van der Waals surface area (Å²) in [5.74, 6) is 0.286. The molecule has 6 aromatic rings. The van der Waals surface area contributed by atoms with E-state index in [1.54, 1.807) is 0 Å². The summed E-state index contributed by atoms with van der Waals surface area (Å²) in [7, 11) is 0. The van der Waals surface area contributed by atoms with Gasteiger partial charge in [0.05, 0.1) is 0 Å². The van der Waals surface area contributed by atoms with Crippen molar-refractivity contribution in [2.45, 2.75) is 134 Å². The zero-order chi connectivity index (χ0) is 37.8. The maximum absolute atomic E-state index is 12.2. The molecule has 0 fully saturated rings. The van der Waals surface area contributed by atoms with Gasteiger partial charge >= 0.3 is 0 Å². The number of nitrogens with zero attached hydrogens (tertiary/aromatic N) is 2. The van der Waals surface area contributed by atoms with Gasteiger partial charge in [0.25, 0.3) is 0 Å². The second kappa shape index (κ2) is 14.9. The number of aliphatic hydroxyl groups excluding tert-OH is 1. The summed E-state index contributed by atoms with van der Waals surface area (Å²) in [5, 5.41) is 16.4. The van der Waals surface area contributed by atoms with Crippen molar-refractivity contribution in [2.24, 2.45) is 16.2 Å². The molecular weight excluding hydrogens is 817 g/mol. The Morgan fingerprint density at radius 2 is 1.44 bits per heavy atom. The quantitative estimate of drug-likeness (QED) is 0.0545. The van der Waals surface area contributed by atoms with Crippen LogP contribution in [0.1, 0.15) is 131 Å². The van der Waals surface area contributed by atoms with E-state index in [0.29, 0.717) is 0 Å². The molecular formula is C47H61IrN2O2-. The van der Waals surface area contributed by atoms with Crippen LogP contribution in [0.2, 0.25) is 0 Å². The minimum atomic E-state index is -0.337. The molecule has 6 rings (SSSR count). The van der Waals surface area contributed by atoms with Gasteiger partial charge in [-0.05, 0) is 93.4 Å². The van der Waals surface area contributed by atoms with Crippen LogP contribution in [-0.4, -0.2) is 20.3 Å². The van der Waals surface area contributed by atoms with Crippen LogP contribution in [0.15, 0.2) is 54.4 Å². The van der Waals surface area contributed by atoms with Gasteiger partial charge in [0.15, 0.2) is 5.78 Å². The number of aryl methyl sites for hydroxylation is 2. The predicted molar refractivity (Wildman–Crippen MR) is 220 cm³/mol. The maximum atomic E-state index is 12.2. The van der Waals surface area contributed by atoms with Crippen LogP contribution in [0, 0.1) is 36.2 Å². The summed E-state index contributed by atoms with van der Waals surface area (Å²) in [4.78, 5) is 17.1. The average Bonchev–Trinajstić information content (AvgIpc) is 3.42. The molecule has 0 saturated carbocycles. The van der Waals surface area contributed by atoms with Gasteiger partial charge < -0.3 is 14.5 Å². The molecule has 3 aromatic heterocycles. The Morgan fingerprint density at radius 3 is 2.00 bits per heavy atom. The average molecular weight is 878 g/mol. The second-order valence-electron chi connectivity index (χ2n) is 17.8. The minimum absolute atomic E-state index is 0. The maximum Gasteiger partial charge on any atom is 0.164 e. The molecule has 0 saturated heterocycles. The Morgan fingerprint density at radius 1 is 0.827 bits per heavy atom. The molecule has 0 atom stereocenters. The fraction of sp³-hybridized carbons (Fsp3) is 0.489. The standard InChI is InChI=1S/C32H33N2.C15H28O2.Ir/c1-18-15-24-28-27-20(13-14-33-28)9-10-21(17-31(3,4)5)29(27)34-25-16-22(32(6,7)8)11-12-23(25)26(19(18)2)30(24)34;1-7-14(5,8-2)12(16)11-13(17)15(6,9-3)10-4;/h9-14,16H,17H2,1-8H3;11,16H,7-10H2,1-6H3;/q-1;;/b;12-11-;.